The second-order valence-corrected chi connectivity index (χ2v) is 6.95. The van der Waals surface area contributed by atoms with Crippen LogP contribution in [0, 0.1) is 0 Å². The van der Waals surface area contributed by atoms with Crippen LogP contribution in [0.4, 0.5) is 5.69 Å². The molecule has 0 saturated carbocycles. The maximum absolute atomic E-state index is 11.7. The Morgan fingerprint density at radius 3 is 2.78 bits per heavy atom. The molecule has 1 aromatic rings. The largest absolute Gasteiger partial charge is 0.373 e. The van der Waals surface area contributed by atoms with Gasteiger partial charge < -0.3 is 20.7 Å². The summed E-state index contributed by atoms with van der Waals surface area (Å²) in [4.78, 5) is 16.4. The van der Waals surface area contributed by atoms with Crippen molar-refractivity contribution in [1.82, 2.24) is 10.6 Å². The number of benzene rings is 1. The summed E-state index contributed by atoms with van der Waals surface area (Å²) in [5.41, 5.74) is 1.76. The number of hydrogen-bond acceptors (Lipinski definition) is 3. The van der Waals surface area contributed by atoms with Gasteiger partial charge in [-0.15, -0.1) is 24.0 Å². The molecule has 3 N–H and O–H groups in total. The van der Waals surface area contributed by atoms with Gasteiger partial charge in [-0.1, -0.05) is 19.1 Å². The summed E-state index contributed by atoms with van der Waals surface area (Å²) in [5, 5.41) is 9.58. The van der Waals surface area contributed by atoms with Gasteiger partial charge in [-0.2, -0.15) is 0 Å². The highest BCUT2D eigenvalue weighted by atomic mass is 127. The fraction of sp³-hybridized carbons (Fsp3) is 0.600. The van der Waals surface area contributed by atoms with Crippen LogP contribution in [0.1, 0.15) is 52.0 Å². The second-order valence-electron chi connectivity index (χ2n) is 6.95. The van der Waals surface area contributed by atoms with Gasteiger partial charge in [-0.25, -0.2) is 4.99 Å². The molecule has 1 aromatic carbocycles. The van der Waals surface area contributed by atoms with E-state index in [0.29, 0.717) is 13.0 Å². The molecular formula is C20H33IN4O2. The molecule has 1 saturated heterocycles. The number of halogens is 1. The Hall–Kier alpha value is -1.35. The first-order valence-electron chi connectivity index (χ1n) is 9.59. The summed E-state index contributed by atoms with van der Waals surface area (Å²) in [6.07, 6.45) is 3.56. The van der Waals surface area contributed by atoms with E-state index in [1.165, 1.54) is 0 Å². The van der Waals surface area contributed by atoms with Gasteiger partial charge in [0, 0.05) is 31.8 Å². The Morgan fingerprint density at radius 1 is 1.30 bits per heavy atom. The molecule has 1 amide bonds. The first-order chi connectivity index (χ1) is 12.5. The summed E-state index contributed by atoms with van der Waals surface area (Å²) >= 11 is 0. The van der Waals surface area contributed by atoms with E-state index in [9.17, 15) is 4.79 Å². The molecule has 7 heteroatoms. The van der Waals surface area contributed by atoms with Crippen molar-refractivity contribution in [2.24, 2.45) is 4.99 Å². The molecule has 27 heavy (non-hydrogen) atoms. The number of nitrogens with zero attached hydrogens (tertiary/aromatic N) is 1. The Labute approximate surface area is 179 Å². The van der Waals surface area contributed by atoms with Crippen molar-refractivity contribution < 1.29 is 9.53 Å². The van der Waals surface area contributed by atoms with E-state index in [0.717, 1.165) is 56.2 Å². The maximum atomic E-state index is 11.7. The van der Waals surface area contributed by atoms with E-state index in [1.807, 2.05) is 31.2 Å². The summed E-state index contributed by atoms with van der Waals surface area (Å²) in [5.74, 6) is 0.831. The van der Waals surface area contributed by atoms with Crippen LogP contribution >= 0.6 is 24.0 Å². The predicted octanol–water partition coefficient (Wildman–Crippen LogP) is 3.67. The lowest BCUT2D eigenvalue weighted by Gasteiger charge is -2.24. The van der Waals surface area contributed by atoms with Crippen LogP contribution in [0.3, 0.4) is 0 Å². The average Bonchev–Trinajstić information content (AvgIpc) is 3.05. The van der Waals surface area contributed by atoms with Crippen molar-refractivity contribution in [1.29, 1.82) is 0 Å². The fourth-order valence-corrected chi connectivity index (χ4v) is 2.96. The van der Waals surface area contributed by atoms with Gasteiger partial charge in [0.15, 0.2) is 5.96 Å². The number of rotatable bonds is 8. The molecule has 0 radical (unpaired) electrons. The Morgan fingerprint density at radius 2 is 2.11 bits per heavy atom. The number of ether oxygens (including phenoxy) is 1. The van der Waals surface area contributed by atoms with Gasteiger partial charge in [0.25, 0.3) is 0 Å². The molecule has 1 atom stereocenters. The van der Waals surface area contributed by atoms with Crippen molar-refractivity contribution in [3.63, 3.8) is 0 Å². The highest BCUT2D eigenvalue weighted by Crippen LogP contribution is 2.23. The third-order valence-corrected chi connectivity index (χ3v) is 4.38. The third kappa shape index (κ3) is 8.47. The average molecular weight is 488 g/mol. The quantitative estimate of drug-likeness (QED) is 0.297. The van der Waals surface area contributed by atoms with Crippen molar-refractivity contribution >= 4 is 41.5 Å². The monoisotopic (exact) mass is 488 g/mol. The number of anilines is 1. The van der Waals surface area contributed by atoms with Gasteiger partial charge >= 0.3 is 0 Å². The molecule has 2 rings (SSSR count). The van der Waals surface area contributed by atoms with Crippen molar-refractivity contribution in [3.8, 4) is 0 Å². The van der Waals surface area contributed by atoms with Gasteiger partial charge in [-0.3, -0.25) is 4.79 Å². The van der Waals surface area contributed by atoms with E-state index in [4.69, 9.17) is 4.74 Å². The second kappa shape index (κ2) is 12.2. The number of guanidine groups is 1. The highest BCUT2D eigenvalue weighted by Gasteiger charge is 2.29. The van der Waals surface area contributed by atoms with Crippen molar-refractivity contribution in [2.75, 3.05) is 25.0 Å². The normalized spacial score (nSPS) is 19.3. The highest BCUT2D eigenvalue weighted by molar-refractivity contribution is 14.0. The Kier molecular flexibility index (Phi) is 10.7. The van der Waals surface area contributed by atoms with Crippen LogP contribution in [0.2, 0.25) is 0 Å². The molecular weight excluding hydrogens is 455 g/mol. The first kappa shape index (κ1) is 23.7. The predicted molar refractivity (Wildman–Crippen MR) is 122 cm³/mol. The Bertz CT molecular complexity index is 616. The molecule has 0 aromatic heterocycles. The zero-order chi connectivity index (χ0) is 18.8. The Balaban J connectivity index is 0.00000364. The number of carbonyl (C=O) groups excluding carboxylic acids is 1. The van der Waals surface area contributed by atoms with Crippen LogP contribution in [0.25, 0.3) is 0 Å². The number of aliphatic imine (C=N–C) groups is 1. The van der Waals surface area contributed by atoms with Gasteiger partial charge in [0.2, 0.25) is 5.91 Å². The van der Waals surface area contributed by atoms with Crippen molar-refractivity contribution in [3.05, 3.63) is 29.8 Å². The lowest BCUT2D eigenvalue weighted by atomic mass is 10.0. The van der Waals surface area contributed by atoms with Crippen LogP contribution in [0.15, 0.2) is 29.3 Å². The number of hydrogen-bond donors (Lipinski definition) is 3. The number of amides is 1. The minimum atomic E-state index is -0.111. The van der Waals surface area contributed by atoms with E-state index in [1.54, 1.807) is 0 Å². The number of nitrogens with one attached hydrogen (secondary N) is 3. The van der Waals surface area contributed by atoms with Crippen molar-refractivity contribution in [2.45, 2.75) is 58.6 Å². The summed E-state index contributed by atoms with van der Waals surface area (Å²) in [7, 11) is 0. The molecule has 152 valence electrons. The van der Waals surface area contributed by atoms with E-state index >= 15 is 0 Å². The standard InChI is InChI=1S/C20H32N4O2.HI/c1-4-8-18(25)24-17-10-6-9-16(13-17)14-22-19(21-5-2)23-15-20(3)11-7-12-26-20;/h6,9-10,13H,4-5,7-8,11-12,14-15H2,1-3H3,(H,24,25)(H2,21,22,23);1H. The topological polar surface area (TPSA) is 74.8 Å². The first-order valence-corrected chi connectivity index (χ1v) is 9.59. The molecule has 6 nitrogen and oxygen atoms in total. The minimum absolute atomic E-state index is 0. The zero-order valence-corrected chi connectivity index (χ0v) is 19.0. The smallest absolute Gasteiger partial charge is 0.224 e. The molecule has 1 aliphatic rings. The molecule has 1 aliphatic heterocycles. The van der Waals surface area contributed by atoms with Crippen LogP contribution in [-0.4, -0.2) is 37.2 Å². The van der Waals surface area contributed by atoms with E-state index in [2.05, 4.69) is 34.8 Å². The summed E-state index contributed by atoms with van der Waals surface area (Å²) in [6.45, 7) is 9.11. The van der Waals surface area contributed by atoms with E-state index < -0.39 is 0 Å². The molecule has 0 spiro atoms. The van der Waals surface area contributed by atoms with Crippen LogP contribution < -0.4 is 16.0 Å². The minimum Gasteiger partial charge on any atom is -0.373 e. The fourth-order valence-electron chi connectivity index (χ4n) is 2.96. The summed E-state index contributed by atoms with van der Waals surface area (Å²) in [6, 6.07) is 7.84. The molecule has 1 unspecified atom stereocenters. The zero-order valence-electron chi connectivity index (χ0n) is 16.6. The number of carbonyl (C=O) groups is 1. The van der Waals surface area contributed by atoms with Gasteiger partial charge in [0.1, 0.15) is 0 Å². The van der Waals surface area contributed by atoms with Crippen LogP contribution in [0.5, 0.6) is 0 Å². The molecule has 0 bridgehead atoms. The lowest BCUT2D eigenvalue weighted by molar-refractivity contribution is -0.116. The third-order valence-electron chi connectivity index (χ3n) is 4.38. The molecule has 1 heterocycles. The SMILES string of the molecule is CCCC(=O)Nc1cccc(CN=C(NCC)NCC2(C)CCCO2)c1.I. The van der Waals surface area contributed by atoms with Gasteiger partial charge in [-0.05, 0) is 50.8 Å². The lowest BCUT2D eigenvalue weighted by Crippen LogP contribution is -2.45. The maximum Gasteiger partial charge on any atom is 0.224 e. The van der Waals surface area contributed by atoms with E-state index in [-0.39, 0.29) is 35.5 Å². The van der Waals surface area contributed by atoms with Crippen LogP contribution in [-0.2, 0) is 16.1 Å². The molecule has 0 aliphatic carbocycles. The summed E-state index contributed by atoms with van der Waals surface area (Å²) < 4.78 is 5.82. The van der Waals surface area contributed by atoms with Gasteiger partial charge in [0.05, 0.1) is 12.1 Å². The molecule has 1 fully saturated rings.